The average molecular weight is 454 g/mol. The Morgan fingerprint density at radius 1 is 1.18 bits per heavy atom. The quantitative estimate of drug-likeness (QED) is 0.296. The first-order chi connectivity index (χ1) is 16.0. The van der Waals surface area contributed by atoms with E-state index in [-0.39, 0.29) is 30.1 Å². The normalized spacial score (nSPS) is 14.0. The van der Waals surface area contributed by atoms with E-state index in [4.69, 9.17) is 14.2 Å². The van der Waals surface area contributed by atoms with Gasteiger partial charge in [-0.25, -0.2) is 14.5 Å². The Morgan fingerprint density at radius 2 is 1.94 bits per heavy atom. The Hall–Kier alpha value is -4.22. The van der Waals surface area contributed by atoms with Crippen LogP contribution in [0.4, 0.5) is 16.3 Å². The summed E-state index contributed by atoms with van der Waals surface area (Å²) in [5.74, 6) is 0.966. The zero-order valence-corrected chi connectivity index (χ0v) is 17.9. The molecule has 3 aromatic rings. The number of hydrogen-bond acceptors (Lipinski definition) is 10. The van der Waals surface area contributed by atoms with E-state index in [2.05, 4.69) is 15.1 Å². The van der Waals surface area contributed by atoms with Gasteiger partial charge in [-0.1, -0.05) is 0 Å². The Balaban J connectivity index is 1.46. The molecule has 0 N–H and O–H groups in total. The lowest BCUT2D eigenvalue weighted by Crippen LogP contribution is -2.38. The third kappa shape index (κ3) is 5.34. The number of carbonyl (C=O) groups is 1. The number of anilines is 1. The van der Waals surface area contributed by atoms with Gasteiger partial charge in [-0.2, -0.15) is 10.1 Å². The molecule has 0 bridgehead atoms. The van der Waals surface area contributed by atoms with Crippen molar-refractivity contribution in [1.82, 2.24) is 19.7 Å². The van der Waals surface area contributed by atoms with Crippen LogP contribution in [0.2, 0.25) is 0 Å². The molecule has 3 heterocycles. The molecule has 0 aliphatic carbocycles. The van der Waals surface area contributed by atoms with Crippen molar-refractivity contribution in [2.24, 2.45) is 0 Å². The van der Waals surface area contributed by atoms with Crippen LogP contribution in [0.15, 0.2) is 49.1 Å². The zero-order chi connectivity index (χ0) is 23.2. The molecule has 1 saturated heterocycles. The Bertz CT molecular complexity index is 1100. The number of nitrogens with zero attached hydrogens (tertiary/aromatic N) is 6. The van der Waals surface area contributed by atoms with Gasteiger partial charge >= 0.3 is 11.8 Å². The van der Waals surface area contributed by atoms with Crippen molar-refractivity contribution in [3.63, 3.8) is 0 Å². The molecule has 172 valence electrons. The summed E-state index contributed by atoms with van der Waals surface area (Å²) >= 11 is 0. The van der Waals surface area contributed by atoms with Crippen LogP contribution in [0.25, 0.3) is 5.69 Å². The van der Waals surface area contributed by atoms with Crippen LogP contribution >= 0.6 is 0 Å². The highest BCUT2D eigenvalue weighted by atomic mass is 16.7. The fourth-order valence-electron chi connectivity index (χ4n) is 3.46. The highest BCUT2D eigenvalue weighted by molar-refractivity contribution is 5.61. The maximum atomic E-state index is 11.6. The molecule has 0 amide bonds. The molecule has 4 rings (SSSR count). The second-order valence-corrected chi connectivity index (χ2v) is 7.17. The standard InChI is InChI=1S/C21H22N6O6/c1-2-31-21(28)33-17-9-11-25(12-10-17)20-18(27(29)30)7-8-19(24-20)32-16-5-3-15(4-6-16)26-14-22-13-23-26/h3-8,13-14,17H,2,9-12H2,1H3. The van der Waals surface area contributed by atoms with Gasteiger partial charge in [0.05, 0.1) is 17.2 Å². The van der Waals surface area contributed by atoms with Gasteiger partial charge in [-0.3, -0.25) is 10.1 Å². The van der Waals surface area contributed by atoms with E-state index in [0.717, 1.165) is 5.69 Å². The summed E-state index contributed by atoms with van der Waals surface area (Å²) in [5, 5.41) is 15.6. The number of hydrogen-bond donors (Lipinski definition) is 0. The molecular weight excluding hydrogens is 432 g/mol. The van der Waals surface area contributed by atoms with Crippen molar-refractivity contribution in [3.8, 4) is 17.3 Å². The first kappa shape index (κ1) is 22.0. The molecule has 0 radical (unpaired) electrons. The summed E-state index contributed by atoms with van der Waals surface area (Å²) in [6, 6.07) is 9.96. The predicted octanol–water partition coefficient (Wildman–Crippen LogP) is 3.50. The molecular formula is C21H22N6O6. The number of aromatic nitrogens is 4. The number of piperidine rings is 1. The summed E-state index contributed by atoms with van der Waals surface area (Å²) < 4.78 is 17.5. The molecule has 0 unspecified atom stereocenters. The molecule has 12 heteroatoms. The first-order valence-corrected chi connectivity index (χ1v) is 10.4. The van der Waals surface area contributed by atoms with Gasteiger partial charge < -0.3 is 19.1 Å². The lowest BCUT2D eigenvalue weighted by atomic mass is 10.1. The highest BCUT2D eigenvalue weighted by Gasteiger charge is 2.28. The van der Waals surface area contributed by atoms with Gasteiger partial charge in [0, 0.05) is 38.1 Å². The van der Waals surface area contributed by atoms with Crippen LogP contribution in [-0.4, -0.2) is 56.6 Å². The van der Waals surface area contributed by atoms with Crippen LogP contribution in [-0.2, 0) is 9.47 Å². The summed E-state index contributed by atoms with van der Waals surface area (Å²) in [6.07, 6.45) is 3.03. The highest BCUT2D eigenvalue weighted by Crippen LogP contribution is 2.32. The third-order valence-corrected chi connectivity index (χ3v) is 5.03. The molecule has 0 saturated carbocycles. The van der Waals surface area contributed by atoms with Gasteiger partial charge in [0.1, 0.15) is 24.5 Å². The number of carbonyl (C=O) groups excluding carboxylic acids is 1. The van der Waals surface area contributed by atoms with Gasteiger partial charge in [0.15, 0.2) is 0 Å². The Morgan fingerprint density at radius 3 is 2.58 bits per heavy atom. The van der Waals surface area contributed by atoms with E-state index in [0.29, 0.717) is 31.7 Å². The zero-order valence-electron chi connectivity index (χ0n) is 17.9. The number of rotatable bonds is 7. The maximum absolute atomic E-state index is 11.6. The summed E-state index contributed by atoms with van der Waals surface area (Å²) in [7, 11) is 0. The van der Waals surface area contributed by atoms with Crippen molar-refractivity contribution in [2.75, 3.05) is 24.6 Å². The molecule has 0 spiro atoms. The molecule has 12 nitrogen and oxygen atoms in total. The Kier molecular flexibility index (Phi) is 6.62. The van der Waals surface area contributed by atoms with Crippen LogP contribution < -0.4 is 9.64 Å². The van der Waals surface area contributed by atoms with E-state index >= 15 is 0 Å². The van der Waals surface area contributed by atoms with E-state index in [9.17, 15) is 14.9 Å². The molecule has 1 aromatic carbocycles. The SMILES string of the molecule is CCOC(=O)OC1CCN(c2nc(Oc3ccc(-n4cncn4)cc3)ccc2[N+](=O)[O-])CC1. The van der Waals surface area contributed by atoms with Crippen molar-refractivity contribution < 1.29 is 23.9 Å². The van der Waals surface area contributed by atoms with E-state index in [1.807, 2.05) is 12.1 Å². The first-order valence-electron chi connectivity index (χ1n) is 10.4. The molecule has 0 atom stereocenters. The second-order valence-electron chi connectivity index (χ2n) is 7.17. The average Bonchev–Trinajstić information content (AvgIpc) is 3.35. The molecule has 1 aliphatic heterocycles. The summed E-state index contributed by atoms with van der Waals surface area (Å²) in [4.78, 5) is 32.7. The topological polar surface area (TPSA) is 135 Å². The van der Waals surface area contributed by atoms with Crippen LogP contribution in [0.1, 0.15) is 19.8 Å². The van der Waals surface area contributed by atoms with Gasteiger partial charge in [-0.15, -0.1) is 0 Å². The molecule has 2 aromatic heterocycles. The number of nitro groups is 1. The molecule has 1 fully saturated rings. The lowest BCUT2D eigenvalue weighted by molar-refractivity contribution is -0.384. The van der Waals surface area contributed by atoms with Crippen molar-refractivity contribution >= 4 is 17.7 Å². The fraction of sp³-hybridized carbons (Fsp3) is 0.333. The smallest absolute Gasteiger partial charge is 0.439 e. The number of pyridine rings is 1. The minimum absolute atomic E-state index is 0.117. The molecule has 1 aliphatic rings. The van der Waals surface area contributed by atoms with Crippen molar-refractivity contribution in [3.05, 3.63) is 59.2 Å². The Labute approximate surface area is 188 Å². The van der Waals surface area contributed by atoms with Crippen molar-refractivity contribution in [1.29, 1.82) is 0 Å². The summed E-state index contributed by atoms with van der Waals surface area (Å²) in [5.41, 5.74) is 0.693. The fourth-order valence-corrected chi connectivity index (χ4v) is 3.46. The van der Waals surface area contributed by atoms with Gasteiger partial charge in [0.2, 0.25) is 11.7 Å². The number of benzene rings is 1. The largest absolute Gasteiger partial charge is 0.508 e. The second kappa shape index (κ2) is 9.94. The van der Waals surface area contributed by atoms with E-state index in [1.54, 1.807) is 35.0 Å². The molecule has 33 heavy (non-hydrogen) atoms. The third-order valence-electron chi connectivity index (χ3n) is 5.03. The predicted molar refractivity (Wildman–Crippen MR) is 116 cm³/mol. The monoisotopic (exact) mass is 454 g/mol. The summed E-state index contributed by atoms with van der Waals surface area (Å²) in [6.45, 7) is 2.82. The minimum atomic E-state index is -0.703. The van der Waals surface area contributed by atoms with Crippen LogP contribution in [0.5, 0.6) is 11.6 Å². The van der Waals surface area contributed by atoms with E-state index in [1.165, 1.54) is 18.5 Å². The maximum Gasteiger partial charge on any atom is 0.508 e. The number of ether oxygens (including phenoxy) is 3. The van der Waals surface area contributed by atoms with E-state index < -0.39 is 11.1 Å². The van der Waals surface area contributed by atoms with Gasteiger partial charge in [-0.05, 0) is 31.2 Å². The van der Waals surface area contributed by atoms with Gasteiger partial charge in [0.25, 0.3) is 0 Å². The minimum Gasteiger partial charge on any atom is -0.439 e. The van der Waals surface area contributed by atoms with Crippen LogP contribution in [0.3, 0.4) is 0 Å². The lowest BCUT2D eigenvalue weighted by Gasteiger charge is -2.31. The van der Waals surface area contributed by atoms with Crippen LogP contribution in [0, 0.1) is 10.1 Å². The van der Waals surface area contributed by atoms with Crippen molar-refractivity contribution in [2.45, 2.75) is 25.9 Å².